The third kappa shape index (κ3) is 4.81. The molecule has 2 aromatic rings. The van der Waals surface area contributed by atoms with Gasteiger partial charge in [-0.05, 0) is 49.9 Å². The first-order valence-electron chi connectivity index (χ1n) is 8.24. The van der Waals surface area contributed by atoms with Gasteiger partial charge >= 0.3 is 0 Å². The molecule has 24 heavy (non-hydrogen) atoms. The van der Waals surface area contributed by atoms with Crippen molar-refractivity contribution in [3.05, 3.63) is 35.8 Å². The fraction of sp³-hybridized carbons (Fsp3) is 0.444. The zero-order valence-electron chi connectivity index (χ0n) is 13.9. The maximum absolute atomic E-state index is 13.1. The van der Waals surface area contributed by atoms with E-state index < -0.39 is 0 Å². The molecule has 0 saturated carbocycles. The molecule has 2 heterocycles. The van der Waals surface area contributed by atoms with Gasteiger partial charge in [0.05, 0.1) is 13.0 Å². The van der Waals surface area contributed by atoms with Gasteiger partial charge in [-0.25, -0.2) is 4.39 Å². The number of hydrogen-bond donors (Lipinski definition) is 1. The number of likely N-dealkylation sites (tertiary alicyclic amines) is 1. The number of aromatic amines is 1. The van der Waals surface area contributed by atoms with Crippen LogP contribution in [-0.2, 0) is 20.7 Å². The molecule has 1 saturated heterocycles. The lowest BCUT2D eigenvalue weighted by atomic mass is 10.1. The molecule has 6 heteroatoms. The number of H-pyrrole nitrogens is 1. The van der Waals surface area contributed by atoms with Crippen molar-refractivity contribution < 1.29 is 18.7 Å². The summed E-state index contributed by atoms with van der Waals surface area (Å²) in [4.78, 5) is 26.4. The van der Waals surface area contributed by atoms with Crippen LogP contribution >= 0.6 is 0 Å². The minimum Gasteiger partial charge on any atom is -0.468 e. The molecular weight excluding hydrogens is 311 g/mol. The summed E-state index contributed by atoms with van der Waals surface area (Å²) in [6.07, 6.45) is 5.63. The third-order valence-corrected chi connectivity index (χ3v) is 4.01. The first-order valence-corrected chi connectivity index (χ1v) is 8.24. The van der Waals surface area contributed by atoms with Crippen molar-refractivity contribution in [2.45, 2.75) is 32.6 Å². The molecule has 1 aliphatic heterocycles. The number of nitrogens with zero attached hydrogens (tertiary/aromatic N) is 1. The topological polar surface area (TPSA) is 62.4 Å². The van der Waals surface area contributed by atoms with E-state index in [1.807, 2.05) is 11.1 Å². The van der Waals surface area contributed by atoms with Gasteiger partial charge in [-0.3, -0.25) is 9.59 Å². The fourth-order valence-electron chi connectivity index (χ4n) is 2.79. The molecule has 1 fully saturated rings. The predicted molar refractivity (Wildman–Crippen MR) is 90.1 cm³/mol. The van der Waals surface area contributed by atoms with E-state index in [0.29, 0.717) is 19.5 Å². The first kappa shape index (κ1) is 18.0. The highest BCUT2D eigenvalue weighted by molar-refractivity contribution is 5.89. The highest BCUT2D eigenvalue weighted by Crippen LogP contribution is 2.21. The molecule has 3 rings (SSSR count). The lowest BCUT2D eigenvalue weighted by molar-refractivity contribution is -0.131. The van der Waals surface area contributed by atoms with Crippen molar-refractivity contribution in [1.29, 1.82) is 0 Å². The Morgan fingerprint density at radius 3 is 2.71 bits per heavy atom. The molecule has 0 radical (unpaired) electrons. The van der Waals surface area contributed by atoms with Gasteiger partial charge in [0.1, 0.15) is 5.82 Å². The average molecular weight is 334 g/mol. The van der Waals surface area contributed by atoms with E-state index in [-0.39, 0.29) is 11.7 Å². The SMILES string of the molecule is CCOC=O.O=C(Cc1c[nH]c2cc(F)ccc12)N1CCCCC1. The Kier molecular flexibility index (Phi) is 6.78. The van der Waals surface area contributed by atoms with Crippen molar-refractivity contribution in [2.75, 3.05) is 19.7 Å². The summed E-state index contributed by atoms with van der Waals surface area (Å²) in [5.41, 5.74) is 1.70. The zero-order valence-corrected chi connectivity index (χ0v) is 13.9. The van der Waals surface area contributed by atoms with Crippen molar-refractivity contribution in [3.8, 4) is 0 Å². The minimum absolute atomic E-state index is 0.171. The molecule has 5 nitrogen and oxygen atoms in total. The Bertz CT molecular complexity index is 678. The number of ether oxygens (including phenoxy) is 1. The standard InChI is InChI=1S/C15H17FN2O.C3H6O2/c16-12-4-5-13-11(10-17-14(13)9-12)8-15(19)18-6-2-1-3-7-18;1-2-5-3-4/h4-5,9-10,17H,1-3,6-8H2;3H,2H2,1H3. The maximum atomic E-state index is 13.1. The van der Waals surface area contributed by atoms with E-state index in [4.69, 9.17) is 0 Å². The maximum Gasteiger partial charge on any atom is 0.293 e. The molecule has 0 unspecified atom stereocenters. The molecule has 0 atom stereocenters. The summed E-state index contributed by atoms with van der Waals surface area (Å²) < 4.78 is 17.3. The van der Waals surface area contributed by atoms with E-state index in [2.05, 4.69) is 9.72 Å². The summed E-state index contributed by atoms with van der Waals surface area (Å²) in [6, 6.07) is 4.63. The number of piperidine rings is 1. The summed E-state index contributed by atoms with van der Waals surface area (Å²) in [5, 5.41) is 0.937. The number of hydrogen-bond acceptors (Lipinski definition) is 3. The van der Waals surface area contributed by atoms with Gasteiger partial charge in [0.25, 0.3) is 6.47 Å². The molecule has 0 bridgehead atoms. The number of amides is 1. The van der Waals surface area contributed by atoms with Gasteiger partial charge in [-0.15, -0.1) is 0 Å². The number of carbonyl (C=O) groups is 2. The Morgan fingerprint density at radius 2 is 2.08 bits per heavy atom. The normalized spacial score (nSPS) is 14.0. The Morgan fingerprint density at radius 1 is 1.33 bits per heavy atom. The average Bonchev–Trinajstić information content (AvgIpc) is 2.99. The van der Waals surface area contributed by atoms with E-state index >= 15 is 0 Å². The Balaban J connectivity index is 0.000000368. The second-order valence-corrected chi connectivity index (χ2v) is 5.67. The van der Waals surface area contributed by atoms with E-state index in [1.54, 1.807) is 13.0 Å². The number of aromatic nitrogens is 1. The lowest BCUT2D eigenvalue weighted by Crippen LogP contribution is -2.36. The smallest absolute Gasteiger partial charge is 0.293 e. The van der Waals surface area contributed by atoms with Crippen LogP contribution in [-0.4, -0.2) is 42.0 Å². The molecular formula is C18H23FN2O3. The second kappa shape index (κ2) is 9.05. The van der Waals surface area contributed by atoms with Crippen molar-refractivity contribution in [2.24, 2.45) is 0 Å². The number of nitrogens with one attached hydrogen (secondary N) is 1. The van der Waals surface area contributed by atoms with Crippen LogP contribution in [0.4, 0.5) is 4.39 Å². The van der Waals surface area contributed by atoms with E-state index in [9.17, 15) is 14.0 Å². The third-order valence-electron chi connectivity index (χ3n) is 4.01. The highest BCUT2D eigenvalue weighted by atomic mass is 19.1. The first-order chi connectivity index (χ1) is 11.7. The molecule has 130 valence electrons. The zero-order chi connectivity index (χ0) is 17.4. The van der Waals surface area contributed by atoms with Crippen LogP contribution in [0.5, 0.6) is 0 Å². The van der Waals surface area contributed by atoms with Crippen molar-refractivity contribution in [3.63, 3.8) is 0 Å². The number of benzene rings is 1. The van der Waals surface area contributed by atoms with Crippen LogP contribution in [0.25, 0.3) is 10.9 Å². The van der Waals surface area contributed by atoms with Crippen LogP contribution in [0.3, 0.4) is 0 Å². The molecule has 0 aliphatic carbocycles. The molecule has 1 aromatic heterocycles. The summed E-state index contributed by atoms with van der Waals surface area (Å²) >= 11 is 0. The fourth-order valence-corrected chi connectivity index (χ4v) is 2.79. The minimum atomic E-state index is -0.261. The summed E-state index contributed by atoms with van der Waals surface area (Å²) in [5.74, 6) is -0.0896. The van der Waals surface area contributed by atoms with Crippen molar-refractivity contribution >= 4 is 23.3 Å². The summed E-state index contributed by atoms with van der Waals surface area (Å²) in [6.45, 7) is 4.41. The predicted octanol–water partition coefficient (Wildman–Crippen LogP) is 3.04. The van der Waals surface area contributed by atoms with Gasteiger partial charge in [-0.1, -0.05) is 0 Å². The van der Waals surface area contributed by atoms with Crippen LogP contribution in [0.15, 0.2) is 24.4 Å². The molecule has 1 amide bonds. The molecule has 1 aliphatic rings. The van der Waals surface area contributed by atoms with Crippen LogP contribution in [0.1, 0.15) is 31.7 Å². The second-order valence-electron chi connectivity index (χ2n) is 5.67. The van der Waals surface area contributed by atoms with Crippen LogP contribution in [0.2, 0.25) is 0 Å². The Labute approximate surface area is 140 Å². The van der Waals surface area contributed by atoms with E-state index in [1.165, 1.54) is 18.6 Å². The highest BCUT2D eigenvalue weighted by Gasteiger charge is 2.18. The van der Waals surface area contributed by atoms with Gasteiger partial charge < -0.3 is 14.6 Å². The van der Waals surface area contributed by atoms with Gasteiger partial charge in [0.2, 0.25) is 5.91 Å². The number of carbonyl (C=O) groups excluding carboxylic acids is 2. The molecule has 1 aromatic carbocycles. The number of rotatable bonds is 4. The Hall–Kier alpha value is -2.37. The van der Waals surface area contributed by atoms with Gasteiger partial charge in [0.15, 0.2) is 0 Å². The quantitative estimate of drug-likeness (QED) is 0.874. The lowest BCUT2D eigenvalue weighted by Gasteiger charge is -2.26. The van der Waals surface area contributed by atoms with Crippen LogP contribution in [0, 0.1) is 5.82 Å². The monoisotopic (exact) mass is 334 g/mol. The number of fused-ring (bicyclic) bond motifs is 1. The molecule has 1 N–H and O–H groups in total. The van der Waals surface area contributed by atoms with Crippen LogP contribution < -0.4 is 0 Å². The summed E-state index contributed by atoms with van der Waals surface area (Å²) in [7, 11) is 0. The molecule has 0 spiro atoms. The van der Waals surface area contributed by atoms with Crippen molar-refractivity contribution in [1.82, 2.24) is 9.88 Å². The van der Waals surface area contributed by atoms with Gasteiger partial charge in [-0.2, -0.15) is 0 Å². The van der Waals surface area contributed by atoms with Gasteiger partial charge in [0, 0.05) is 30.2 Å². The number of halogens is 1. The van der Waals surface area contributed by atoms with E-state index in [0.717, 1.165) is 42.4 Å². The largest absolute Gasteiger partial charge is 0.468 e.